The Hall–Kier alpha value is -2.82. The van der Waals surface area contributed by atoms with E-state index >= 15 is 0 Å². The van der Waals surface area contributed by atoms with Gasteiger partial charge in [-0.3, -0.25) is 9.59 Å². The number of para-hydroxylation sites is 1. The normalized spacial score (nSPS) is 10.3. The largest absolute Gasteiger partial charge is 0.493 e. The maximum absolute atomic E-state index is 12.4. The lowest BCUT2D eigenvalue weighted by Gasteiger charge is -2.19. The summed E-state index contributed by atoms with van der Waals surface area (Å²) in [6, 6.07) is 14.9. The molecule has 0 unspecified atom stereocenters. The summed E-state index contributed by atoms with van der Waals surface area (Å²) in [7, 11) is 0. The van der Waals surface area contributed by atoms with E-state index in [1.165, 1.54) is 0 Å². The van der Waals surface area contributed by atoms with E-state index < -0.39 is 0 Å². The van der Waals surface area contributed by atoms with Gasteiger partial charge in [0.05, 0.1) is 6.61 Å². The number of anilines is 1. The molecule has 0 aliphatic carbocycles. The molecule has 0 radical (unpaired) electrons. The van der Waals surface area contributed by atoms with Crippen LogP contribution in [0.4, 0.5) is 5.69 Å². The van der Waals surface area contributed by atoms with Crippen LogP contribution in [0.5, 0.6) is 5.75 Å². The van der Waals surface area contributed by atoms with Crippen LogP contribution in [0.1, 0.15) is 42.6 Å². The molecule has 5 heteroatoms. The number of ether oxygens (including phenoxy) is 1. The zero-order chi connectivity index (χ0) is 19.6. The van der Waals surface area contributed by atoms with Crippen molar-refractivity contribution >= 4 is 17.5 Å². The monoisotopic (exact) mass is 368 g/mol. The van der Waals surface area contributed by atoms with Gasteiger partial charge in [-0.15, -0.1) is 0 Å². The van der Waals surface area contributed by atoms with Crippen LogP contribution in [0.15, 0.2) is 48.5 Å². The Balaban J connectivity index is 1.82. The van der Waals surface area contributed by atoms with Crippen molar-refractivity contribution in [2.75, 3.05) is 25.0 Å². The van der Waals surface area contributed by atoms with Crippen molar-refractivity contribution in [2.24, 2.45) is 0 Å². The summed E-state index contributed by atoms with van der Waals surface area (Å²) in [5, 5.41) is 2.86. The summed E-state index contributed by atoms with van der Waals surface area (Å²) in [5.41, 5.74) is 2.30. The average molecular weight is 368 g/mol. The highest BCUT2D eigenvalue weighted by Crippen LogP contribution is 2.17. The van der Waals surface area contributed by atoms with E-state index in [1.54, 1.807) is 29.2 Å². The van der Waals surface area contributed by atoms with Gasteiger partial charge >= 0.3 is 0 Å². The van der Waals surface area contributed by atoms with E-state index in [-0.39, 0.29) is 11.8 Å². The van der Waals surface area contributed by atoms with Gasteiger partial charge in [0.25, 0.3) is 5.91 Å². The second kappa shape index (κ2) is 10.4. The number of rotatable bonds is 9. The molecule has 0 aliphatic heterocycles. The van der Waals surface area contributed by atoms with Crippen molar-refractivity contribution < 1.29 is 14.3 Å². The lowest BCUT2D eigenvalue weighted by Crippen LogP contribution is -2.30. The molecule has 2 aromatic carbocycles. The van der Waals surface area contributed by atoms with Gasteiger partial charge in [0.15, 0.2) is 0 Å². The number of nitrogens with one attached hydrogen (secondary N) is 1. The van der Waals surface area contributed by atoms with E-state index in [4.69, 9.17) is 4.74 Å². The smallest absolute Gasteiger partial charge is 0.253 e. The molecule has 5 nitrogen and oxygen atoms in total. The first-order valence-corrected chi connectivity index (χ1v) is 9.42. The van der Waals surface area contributed by atoms with Crippen LogP contribution in [0, 0.1) is 6.92 Å². The predicted octanol–water partition coefficient (Wildman–Crippen LogP) is 4.27. The first-order chi connectivity index (χ1) is 13.0. The van der Waals surface area contributed by atoms with Crippen LogP contribution in [-0.2, 0) is 4.79 Å². The first-order valence-electron chi connectivity index (χ1n) is 9.42. The molecule has 0 spiro atoms. The van der Waals surface area contributed by atoms with Crippen LogP contribution in [0.3, 0.4) is 0 Å². The molecule has 2 rings (SSSR count). The summed E-state index contributed by atoms with van der Waals surface area (Å²) < 4.78 is 5.71. The molecule has 0 bridgehead atoms. The molecule has 0 aromatic heterocycles. The van der Waals surface area contributed by atoms with Crippen molar-refractivity contribution in [3.05, 3.63) is 59.7 Å². The van der Waals surface area contributed by atoms with E-state index in [0.29, 0.717) is 43.8 Å². The van der Waals surface area contributed by atoms with E-state index in [9.17, 15) is 9.59 Å². The number of nitrogens with zero attached hydrogens (tertiary/aromatic N) is 1. The van der Waals surface area contributed by atoms with E-state index in [1.807, 2.05) is 45.0 Å². The molecule has 0 atom stereocenters. The van der Waals surface area contributed by atoms with Gasteiger partial charge in [-0.1, -0.05) is 24.3 Å². The van der Waals surface area contributed by atoms with Gasteiger partial charge in [-0.05, 0) is 57.0 Å². The van der Waals surface area contributed by atoms with Crippen LogP contribution >= 0.6 is 0 Å². The van der Waals surface area contributed by atoms with Crippen LogP contribution < -0.4 is 10.1 Å². The van der Waals surface area contributed by atoms with Gasteiger partial charge in [-0.25, -0.2) is 0 Å². The lowest BCUT2D eigenvalue weighted by atomic mass is 10.1. The predicted molar refractivity (Wildman–Crippen MR) is 108 cm³/mol. The van der Waals surface area contributed by atoms with Gasteiger partial charge in [0.2, 0.25) is 5.91 Å². The molecule has 2 amide bonds. The molecule has 0 saturated heterocycles. The Kier molecular flexibility index (Phi) is 7.86. The van der Waals surface area contributed by atoms with Crippen LogP contribution in [0.25, 0.3) is 0 Å². The Bertz CT molecular complexity index is 770. The summed E-state index contributed by atoms with van der Waals surface area (Å²) in [4.78, 5) is 26.3. The van der Waals surface area contributed by atoms with Crippen LogP contribution in [-0.4, -0.2) is 36.4 Å². The summed E-state index contributed by atoms with van der Waals surface area (Å²) in [6.45, 7) is 7.70. The molecule has 144 valence electrons. The third kappa shape index (κ3) is 6.13. The Morgan fingerprint density at radius 3 is 2.48 bits per heavy atom. The zero-order valence-electron chi connectivity index (χ0n) is 16.3. The minimum atomic E-state index is -0.0872. The standard InChI is InChI=1S/C22H28N2O3/c1-4-24(5-2)22(26)18-11-8-12-19(16-18)23-21(25)14-9-15-27-20-13-7-6-10-17(20)3/h6-8,10-13,16H,4-5,9,14-15H2,1-3H3,(H,23,25). The number of carbonyl (C=O) groups excluding carboxylic acids is 2. The lowest BCUT2D eigenvalue weighted by molar-refractivity contribution is -0.116. The summed E-state index contributed by atoms with van der Waals surface area (Å²) in [5.74, 6) is 0.735. The second-order valence-corrected chi connectivity index (χ2v) is 6.32. The average Bonchev–Trinajstić information content (AvgIpc) is 2.67. The molecule has 1 N–H and O–H groups in total. The number of aryl methyl sites for hydroxylation is 1. The topological polar surface area (TPSA) is 58.6 Å². The molecule has 27 heavy (non-hydrogen) atoms. The van der Waals surface area contributed by atoms with Gasteiger partial charge in [0.1, 0.15) is 5.75 Å². The zero-order valence-corrected chi connectivity index (χ0v) is 16.3. The number of benzene rings is 2. The molecule has 0 fully saturated rings. The summed E-state index contributed by atoms with van der Waals surface area (Å²) in [6.07, 6.45) is 0.984. The number of carbonyl (C=O) groups is 2. The van der Waals surface area contributed by atoms with Crippen molar-refractivity contribution in [1.82, 2.24) is 4.90 Å². The van der Waals surface area contributed by atoms with Crippen molar-refractivity contribution in [3.63, 3.8) is 0 Å². The minimum absolute atomic E-state index is 0.0253. The molecule has 0 aliphatic rings. The molecule has 0 heterocycles. The fourth-order valence-corrected chi connectivity index (χ4v) is 2.78. The third-order valence-corrected chi connectivity index (χ3v) is 4.34. The number of hydrogen-bond acceptors (Lipinski definition) is 3. The fourth-order valence-electron chi connectivity index (χ4n) is 2.78. The highest BCUT2D eigenvalue weighted by Gasteiger charge is 2.13. The maximum Gasteiger partial charge on any atom is 0.253 e. The minimum Gasteiger partial charge on any atom is -0.493 e. The SMILES string of the molecule is CCN(CC)C(=O)c1cccc(NC(=O)CCCOc2ccccc2C)c1. The highest BCUT2D eigenvalue weighted by molar-refractivity contribution is 5.97. The Labute approximate surface area is 161 Å². The second-order valence-electron chi connectivity index (χ2n) is 6.32. The Morgan fingerprint density at radius 2 is 1.78 bits per heavy atom. The van der Waals surface area contributed by atoms with Gasteiger partial charge in [0, 0.05) is 30.8 Å². The fraction of sp³-hybridized carbons (Fsp3) is 0.364. The molecule has 2 aromatic rings. The van der Waals surface area contributed by atoms with E-state index in [2.05, 4.69) is 5.32 Å². The third-order valence-electron chi connectivity index (χ3n) is 4.34. The van der Waals surface area contributed by atoms with E-state index in [0.717, 1.165) is 11.3 Å². The van der Waals surface area contributed by atoms with Gasteiger partial charge < -0.3 is 15.0 Å². The Morgan fingerprint density at radius 1 is 1.04 bits per heavy atom. The van der Waals surface area contributed by atoms with Crippen molar-refractivity contribution in [3.8, 4) is 5.75 Å². The summed E-state index contributed by atoms with van der Waals surface area (Å²) >= 11 is 0. The number of hydrogen-bond donors (Lipinski definition) is 1. The van der Waals surface area contributed by atoms with Crippen LogP contribution in [0.2, 0.25) is 0 Å². The van der Waals surface area contributed by atoms with Crippen molar-refractivity contribution in [2.45, 2.75) is 33.6 Å². The first kappa shape index (κ1) is 20.5. The quantitative estimate of drug-likeness (QED) is 0.672. The maximum atomic E-state index is 12.4. The molecular formula is C22H28N2O3. The van der Waals surface area contributed by atoms with Crippen molar-refractivity contribution in [1.29, 1.82) is 0 Å². The highest BCUT2D eigenvalue weighted by atomic mass is 16.5. The number of amides is 2. The molecular weight excluding hydrogens is 340 g/mol. The van der Waals surface area contributed by atoms with Gasteiger partial charge in [-0.2, -0.15) is 0 Å². The molecule has 0 saturated carbocycles.